The van der Waals surface area contributed by atoms with Crippen molar-refractivity contribution in [2.45, 2.75) is 13.0 Å². The largest absolute Gasteiger partial charge is 0.508 e. The van der Waals surface area contributed by atoms with Crippen molar-refractivity contribution in [3.8, 4) is 22.7 Å². The van der Waals surface area contributed by atoms with E-state index < -0.39 is 11.7 Å². The number of aromatic nitrogens is 3. The molecule has 2 aromatic heterocycles. The molecule has 7 nitrogen and oxygen atoms in total. The summed E-state index contributed by atoms with van der Waals surface area (Å²) >= 11 is 6.20. The minimum atomic E-state index is -0.526. The molecular formula is C28H23ClN4O3. The van der Waals surface area contributed by atoms with E-state index in [0.29, 0.717) is 32.9 Å². The Balaban J connectivity index is 1.86. The molecule has 180 valence electrons. The van der Waals surface area contributed by atoms with Gasteiger partial charge in [-0.15, -0.1) is 0 Å². The average Bonchev–Trinajstić information content (AvgIpc) is 3.23. The van der Waals surface area contributed by atoms with Gasteiger partial charge in [0.25, 0.3) is 5.56 Å². The second-order valence-corrected chi connectivity index (χ2v) is 9.60. The topological polar surface area (TPSA) is 81.2 Å². The first kappa shape index (κ1) is 22.2. The van der Waals surface area contributed by atoms with E-state index in [2.05, 4.69) is 5.32 Å². The number of benzene rings is 3. The number of rotatable bonds is 2. The van der Waals surface area contributed by atoms with Gasteiger partial charge in [0.1, 0.15) is 5.75 Å². The molecule has 1 aliphatic rings. The van der Waals surface area contributed by atoms with Gasteiger partial charge in [-0.1, -0.05) is 48.0 Å². The van der Waals surface area contributed by atoms with Crippen LogP contribution in [-0.4, -0.2) is 18.8 Å². The van der Waals surface area contributed by atoms with Crippen LogP contribution in [0.25, 0.3) is 27.8 Å². The number of nitrogens with zero attached hydrogens (tertiary/aromatic N) is 3. The zero-order valence-electron chi connectivity index (χ0n) is 19.9. The van der Waals surface area contributed by atoms with Crippen molar-refractivity contribution in [3.63, 3.8) is 0 Å². The Morgan fingerprint density at radius 3 is 2.39 bits per heavy atom. The van der Waals surface area contributed by atoms with Crippen molar-refractivity contribution in [2.24, 2.45) is 14.1 Å². The van der Waals surface area contributed by atoms with E-state index in [0.717, 1.165) is 27.1 Å². The van der Waals surface area contributed by atoms with Gasteiger partial charge in [-0.3, -0.25) is 13.9 Å². The number of phenols is 1. The van der Waals surface area contributed by atoms with Crippen LogP contribution in [0.15, 0.2) is 76.3 Å². The molecule has 36 heavy (non-hydrogen) atoms. The first-order chi connectivity index (χ1) is 17.3. The number of hydrogen-bond donors (Lipinski definition) is 2. The molecule has 0 fully saturated rings. The van der Waals surface area contributed by atoms with Crippen molar-refractivity contribution in [1.82, 2.24) is 13.7 Å². The number of para-hydroxylation sites is 2. The van der Waals surface area contributed by atoms with E-state index in [-0.39, 0.29) is 11.3 Å². The lowest BCUT2D eigenvalue weighted by Gasteiger charge is -2.31. The fourth-order valence-corrected chi connectivity index (χ4v) is 5.36. The van der Waals surface area contributed by atoms with Crippen LogP contribution in [0.2, 0.25) is 5.02 Å². The van der Waals surface area contributed by atoms with Gasteiger partial charge < -0.3 is 15.0 Å². The Morgan fingerprint density at radius 2 is 1.67 bits per heavy atom. The average molecular weight is 499 g/mol. The second-order valence-electron chi connectivity index (χ2n) is 9.16. The van der Waals surface area contributed by atoms with Gasteiger partial charge in [0.15, 0.2) is 0 Å². The zero-order chi connectivity index (χ0) is 25.3. The predicted octanol–water partition coefficient (Wildman–Crippen LogP) is 4.88. The van der Waals surface area contributed by atoms with Gasteiger partial charge in [-0.2, -0.15) is 0 Å². The van der Waals surface area contributed by atoms with Crippen LogP contribution in [0.5, 0.6) is 5.75 Å². The molecule has 5 aromatic rings. The Bertz CT molecular complexity index is 1810. The summed E-state index contributed by atoms with van der Waals surface area (Å²) in [7, 11) is 3.16. The first-order valence-electron chi connectivity index (χ1n) is 11.5. The molecule has 3 heterocycles. The number of aromatic hydroxyl groups is 1. The van der Waals surface area contributed by atoms with E-state index in [1.54, 1.807) is 25.2 Å². The lowest BCUT2D eigenvalue weighted by Crippen LogP contribution is -2.37. The van der Waals surface area contributed by atoms with Crippen LogP contribution < -0.4 is 16.6 Å². The molecule has 0 amide bonds. The molecule has 1 aliphatic heterocycles. The molecular weight excluding hydrogens is 476 g/mol. The number of nitrogens with one attached hydrogen (secondary N) is 1. The molecule has 0 aliphatic carbocycles. The maximum atomic E-state index is 13.7. The molecule has 0 saturated carbocycles. The summed E-state index contributed by atoms with van der Waals surface area (Å²) in [5, 5.41) is 15.5. The summed E-state index contributed by atoms with van der Waals surface area (Å²) in [4.78, 5) is 26.8. The van der Waals surface area contributed by atoms with Crippen LogP contribution in [-0.2, 0) is 14.1 Å². The summed E-state index contributed by atoms with van der Waals surface area (Å²) in [6.07, 6.45) is 0. The quantitative estimate of drug-likeness (QED) is 0.363. The summed E-state index contributed by atoms with van der Waals surface area (Å²) in [5.41, 5.74) is 5.11. The van der Waals surface area contributed by atoms with Crippen LogP contribution in [0, 0.1) is 6.92 Å². The van der Waals surface area contributed by atoms with Crippen molar-refractivity contribution in [2.75, 3.05) is 5.32 Å². The van der Waals surface area contributed by atoms with Crippen LogP contribution in [0.1, 0.15) is 22.9 Å². The molecule has 1 atom stereocenters. The maximum Gasteiger partial charge on any atom is 0.331 e. The fraction of sp³-hybridized carbons (Fsp3) is 0.143. The van der Waals surface area contributed by atoms with Gasteiger partial charge in [-0.25, -0.2) is 4.79 Å². The number of anilines is 1. The van der Waals surface area contributed by atoms with Crippen LogP contribution >= 0.6 is 11.6 Å². The highest BCUT2D eigenvalue weighted by molar-refractivity contribution is 6.30. The van der Waals surface area contributed by atoms with E-state index in [4.69, 9.17) is 11.6 Å². The molecule has 6 rings (SSSR count). The smallest absolute Gasteiger partial charge is 0.331 e. The zero-order valence-corrected chi connectivity index (χ0v) is 20.7. The van der Waals surface area contributed by atoms with Gasteiger partial charge in [-0.05, 0) is 48.4 Å². The maximum absolute atomic E-state index is 13.7. The molecule has 0 saturated heterocycles. The minimum absolute atomic E-state index is 0.134. The molecule has 0 bridgehead atoms. The summed E-state index contributed by atoms with van der Waals surface area (Å²) < 4.78 is 4.67. The normalized spacial score (nSPS) is 14.4. The molecule has 0 radical (unpaired) electrons. The number of phenolic OH excluding ortho intramolecular Hbond substituents is 1. The van der Waals surface area contributed by atoms with E-state index >= 15 is 0 Å². The molecule has 8 heteroatoms. The molecule has 2 N–H and O–H groups in total. The summed E-state index contributed by atoms with van der Waals surface area (Å²) in [6, 6.07) is 20.1. The third kappa shape index (κ3) is 3.06. The van der Waals surface area contributed by atoms with Crippen LogP contribution in [0.3, 0.4) is 0 Å². The van der Waals surface area contributed by atoms with Gasteiger partial charge >= 0.3 is 5.69 Å². The summed E-state index contributed by atoms with van der Waals surface area (Å²) in [6.45, 7) is 1.91. The first-order valence-corrected chi connectivity index (χ1v) is 11.9. The lowest BCUT2D eigenvalue weighted by molar-refractivity contribution is 0.465. The standard InChI is InChI=1S/C28H23ClN4O3/c1-15-8-13-18(21(34)14-15)23-26-25-22(27(35)32(3)28(36)31(25)2)24(16-9-11-17(29)12-10-16)33(26)20-7-5-4-6-19(20)30-23/h4-14,23,30,34H,1-3H3/t23-/m0/s1. The number of fused-ring (bicyclic) bond motifs is 5. The lowest BCUT2D eigenvalue weighted by atomic mass is 9.97. The van der Waals surface area contributed by atoms with Gasteiger partial charge in [0.2, 0.25) is 0 Å². The fourth-order valence-electron chi connectivity index (χ4n) is 5.23. The molecule has 0 spiro atoms. The predicted molar refractivity (Wildman–Crippen MR) is 143 cm³/mol. The van der Waals surface area contributed by atoms with E-state index in [1.165, 1.54) is 11.6 Å². The third-order valence-electron chi connectivity index (χ3n) is 6.94. The van der Waals surface area contributed by atoms with Crippen molar-refractivity contribution in [1.29, 1.82) is 0 Å². The second kappa shape index (κ2) is 7.90. The molecule has 3 aromatic carbocycles. The third-order valence-corrected chi connectivity index (χ3v) is 7.19. The Morgan fingerprint density at radius 1 is 0.944 bits per heavy atom. The summed E-state index contributed by atoms with van der Waals surface area (Å²) in [5.74, 6) is 0.134. The van der Waals surface area contributed by atoms with Gasteiger partial charge in [0, 0.05) is 24.7 Å². The van der Waals surface area contributed by atoms with Crippen molar-refractivity contribution < 1.29 is 5.11 Å². The Kier molecular flexibility index (Phi) is 4.88. The van der Waals surface area contributed by atoms with Gasteiger partial charge in [0.05, 0.1) is 39.7 Å². The Labute approximate surface area is 211 Å². The van der Waals surface area contributed by atoms with E-state index in [9.17, 15) is 14.7 Å². The highest BCUT2D eigenvalue weighted by atomic mass is 35.5. The Hall–Kier alpha value is -4.23. The highest BCUT2D eigenvalue weighted by Crippen LogP contribution is 2.46. The van der Waals surface area contributed by atoms with Crippen molar-refractivity contribution in [3.05, 3.63) is 109 Å². The minimum Gasteiger partial charge on any atom is -0.508 e. The van der Waals surface area contributed by atoms with Crippen LogP contribution in [0.4, 0.5) is 5.69 Å². The van der Waals surface area contributed by atoms with Crippen molar-refractivity contribution >= 4 is 28.2 Å². The highest BCUT2D eigenvalue weighted by Gasteiger charge is 2.35. The van der Waals surface area contributed by atoms with E-state index in [1.807, 2.05) is 60.0 Å². The monoisotopic (exact) mass is 498 g/mol. The number of hydrogen-bond acceptors (Lipinski definition) is 4. The number of halogens is 1. The SMILES string of the molecule is Cc1ccc([C@@H]2Nc3ccccc3-n3c(-c4ccc(Cl)cc4)c4c(=O)n(C)c(=O)n(C)c4c32)c(O)c1. The number of aryl methyl sites for hydroxylation is 2. The molecule has 0 unspecified atom stereocenters.